The van der Waals surface area contributed by atoms with Crippen LogP contribution in [-0.4, -0.2) is 122 Å². The first-order chi connectivity index (χ1) is 42.1. The van der Waals surface area contributed by atoms with Crippen molar-refractivity contribution in [3.63, 3.8) is 0 Å². The molecule has 90 heavy (non-hydrogen) atoms. The van der Waals surface area contributed by atoms with E-state index < -0.39 is 16.6 Å². The summed E-state index contributed by atoms with van der Waals surface area (Å²) in [5, 5.41) is 11.8. The molecule has 26 heteroatoms. The van der Waals surface area contributed by atoms with Crippen molar-refractivity contribution in [2.75, 3.05) is 63.7 Å². The number of rotatable bonds is 18. The highest BCUT2D eigenvalue weighted by Gasteiger charge is 2.38. The van der Waals surface area contributed by atoms with Gasteiger partial charge in [-0.05, 0) is 89.8 Å². The van der Waals surface area contributed by atoms with Crippen molar-refractivity contribution in [3.05, 3.63) is 125 Å². The minimum Gasteiger partial charge on any atom is -0.496 e. The number of aliphatic hydroxyl groups excluding tert-OH is 1. The van der Waals surface area contributed by atoms with Crippen LogP contribution in [0.25, 0.3) is 27.6 Å². The molecular weight excluding hydrogens is 1300 g/mol. The molecule has 0 saturated heterocycles. The maximum absolute atomic E-state index is 9.31. The van der Waals surface area contributed by atoms with Gasteiger partial charge in [-0.1, -0.05) is 98.4 Å². The fourth-order valence-electron chi connectivity index (χ4n) is 10.0. The molecule has 1 aliphatic carbocycles. The van der Waals surface area contributed by atoms with Crippen molar-refractivity contribution in [2.24, 2.45) is 0 Å². The van der Waals surface area contributed by atoms with Crippen LogP contribution in [0.15, 0.2) is 37.1 Å². The zero-order chi connectivity index (χ0) is 67.0. The number of ether oxygens (including phenoxy) is 3. The van der Waals surface area contributed by atoms with Gasteiger partial charge in [-0.3, -0.25) is 15.0 Å². The highest BCUT2D eigenvalue weighted by molar-refractivity contribution is 9.09. The predicted molar refractivity (Wildman–Crippen MR) is 374 cm³/mol. The Morgan fingerprint density at radius 3 is 1.32 bits per heavy atom. The molecule has 0 fully saturated rings. The summed E-state index contributed by atoms with van der Waals surface area (Å²) in [7, 11) is 1.71. The van der Waals surface area contributed by atoms with Gasteiger partial charge in [-0.2, -0.15) is 9.97 Å². The monoisotopic (exact) mass is 1390 g/mol. The Labute approximate surface area is 555 Å². The minimum atomic E-state index is -1.85. The maximum atomic E-state index is 9.31. The molecule has 0 radical (unpaired) electrons. The highest BCUT2D eigenvalue weighted by atomic mass is 79.9. The zero-order valence-electron chi connectivity index (χ0n) is 55.7. The van der Waals surface area contributed by atoms with Crippen LogP contribution in [0.2, 0.25) is 51.7 Å². The number of nitrogen functional groups attached to an aromatic ring is 3. The Morgan fingerprint density at radius 2 is 0.933 bits per heavy atom. The number of halogens is 4. The topological polar surface area (TPSA) is 270 Å². The number of nitrogens with zero attached hydrogens (tertiary/aromatic N) is 11. The summed E-state index contributed by atoms with van der Waals surface area (Å²) in [5.41, 5.74) is 33.9. The molecule has 0 saturated carbocycles. The number of alkyl halides is 1. The lowest BCUT2D eigenvalue weighted by Crippen LogP contribution is -2.41. The van der Waals surface area contributed by atoms with Gasteiger partial charge in [0, 0.05) is 125 Å². The van der Waals surface area contributed by atoms with Crippen molar-refractivity contribution in [1.82, 2.24) is 54.0 Å². The van der Waals surface area contributed by atoms with Crippen molar-refractivity contribution in [1.29, 1.82) is 0 Å². The summed E-state index contributed by atoms with van der Waals surface area (Å²) in [5.74, 6) is 3.04. The lowest BCUT2D eigenvalue weighted by Gasteiger charge is -2.36. The van der Waals surface area contributed by atoms with Crippen LogP contribution in [0, 0.1) is 41.5 Å². The molecule has 0 unspecified atom stereocenters. The van der Waals surface area contributed by atoms with Gasteiger partial charge in [0.1, 0.15) is 33.4 Å². The molecule has 1 aliphatic rings. The second kappa shape index (κ2) is 30.6. The number of nitrogens with two attached hydrogens (primary N) is 3. The molecule has 9 rings (SSSR count). The van der Waals surface area contributed by atoms with E-state index in [2.05, 4.69) is 145 Å². The van der Waals surface area contributed by atoms with E-state index in [1.165, 1.54) is 0 Å². The number of allylic oxidation sites excluding steroid dienone is 2. The molecule has 0 amide bonds. The molecule has 8 aromatic rings. The van der Waals surface area contributed by atoms with Crippen LogP contribution in [-0.2, 0) is 47.6 Å². The third kappa shape index (κ3) is 17.2. The highest BCUT2D eigenvalue weighted by Crippen LogP contribution is 2.39. The van der Waals surface area contributed by atoms with Gasteiger partial charge >= 0.3 is 0 Å². The van der Waals surface area contributed by atoms with Gasteiger partial charge in [-0.25, -0.2) is 19.9 Å². The van der Waals surface area contributed by atoms with E-state index in [1.807, 2.05) is 64.7 Å². The van der Waals surface area contributed by atoms with E-state index >= 15 is 0 Å². The third-order valence-electron chi connectivity index (χ3n) is 17.0. The molecule has 8 heterocycles. The molecule has 8 aromatic heterocycles. The largest absolute Gasteiger partial charge is 0.496 e. The summed E-state index contributed by atoms with van der Waals surface area (Å²) in [6.45, 7) is 37.0. The first-order valence-electron chi connectivity index (χ1n) is 29.7. The van der Waals surface area contributed by atoms with Crippen LogP contribution < -0.4 is 31.4 Å². The van der Waals surface area contributed by atoms with Crippen molar-refractivity contribution >= 4 is 113 Å². The Morgan fingerprint density at radius 1 is 0.556 bits per heavy atom. The summed E-state index contributed by atoms with van der Waals surface area (Å²) >= 11 is 22.3. The Hall–Kier alpha value is -6.03. The van der Waals surface area contributed by atoms with Gasteiger partial charge in [0.05, 0.1) is 68.4 Å². The maximum Gasteiger partial charge on any atom is 0.222 e. The van der Waals surface area contributed by atoms with Crippen LogP contribution in [0.1, 0.15) is 114 Å². The molecule has 0 bridgehead atoms. The number of aromatic nitrogens is 11. The lowest BCUT2D eigenvalue weighted by molar-refractivity contribution is 0.273. The predicted octanol–water partition coefficient (Wildman–Crippen LogP) is 13.9. The van der Waals surface area contributed by atoms with Crippen LogP contribution in [0.4, 0.5) is 17.8 Å². The lowest BCUT2D eigenvalue weighted by atomic mass is 10.0. The average molecular weight is 1390 g/mol. The van der Waals surface area contributed by atoms with E-state index in [0.29, 0.717) is 65.3 Å². The summed E-state index contributed by atoms with van der Waals surface area (Å²) in [4.78, 5) is 39.1. The number of methoxy groups -OCH3 is 3. The SMILES string of the molecule is CC(C)(C)[Si](C)(C)OCCBr.COc1c(C)cnc(CC2=CCc3c(Cl)nc(N)nc32)c1C.COc1c(C)cnc(Cc2cn(CCO)c3c(Cl)nc(N)nc23)c1C.COc1c(C)cnc(Cc2cn(CCO[Si](C)(C)C(C)(C)C)c3c(Cl)nc(N)nc23)c1C. The number of aliphatic hydroxyl groups is 1. The first-order valence-corrected chi connectivity index (χ1v) is 37.8. The fourth-order valence-corrected chi connectivity index (χ4v) is 13.4. The molecule has 0 aliphatic heterocycles. The molecule has 20 nitrogen and oxygen atoms in total. The number of fused-ring (bicyclic) bond motifs is 3. The summed E-state index contributed by atoms with van der Waals surface area (Å²) in [6.07, 6.45) is 14.1. The number of anilines is 3. The Bertz CT molecular complexity index is 3890. The van der Waals surface area contributed by atoms with Crippen LogP contribution >= 0.6 is 50.7 Å². The Kier molecular flexibility index (Phi) is 24.8. The second-order valence-corrected chi connectivity index (χ2v) is 36.8. The minimum absolute atomic E-state index is 0.0143. The van der Waals surface area contributed by atoms with E-state index in [0.717, 1.165) is 125 Å². The van der Waals surface area contributed by atoms with Crippen molar-refractivity contribution in [2.45, 2.75) is 158 Å². The van der Waals surface area contributed by atoms with E-state index in [-0.39, 0.29) is 34.6 Å². The first kappa shape index (κ1) is 73.0. The summed E-state index contributed by atoms with van der Waals surface area (Å²) in [6, 6.07) is 0. The molecule has 0 atom stereocenters. The molecule has 0 spiro atoms. The van der Waals surface area contributed by atoms with E-state index in [4.69, 9.17) is 75.1 Å². The van der Waals surface area contributed by atoms with Gasteiger partial charge in [0.15, 0.2) is 26.9 Å². The van der Waals surface area contributed by atoms with Crippen LogP contribution in [0.5, 0.6) is 17.2 Å². The Balaban J connectivity index is 0.000000201. The van der Waals surface area contributed by atoms with Crippen LogP contribution in [0.3, 0.4) is 0 Å². The quantitative estimate of drug-likeness (QED) is 0.0353. The fraction of sp³-hybridized carbons (Fsp3) is 0.484. The van der Waals surface area contributed by atoms with Gasteiger partial charge in [0.2, 0.25) is 17.8 Å². The third-order valence-corrected chi connectivity index (χ3v) is 27.2. The van der Waals surface area contributed by atoms with E-state index in [9.17, 15) is 5.11 Å². The average Bonchev–Trinajstić information content (AvgIpc) is 1.65. The van der Waals surface area contributed by atoms with E-state index in [1.54, 1.807) is 27.5 Å². The standard InChI is InChI=1S/C23H34ClN5O2Si.C17H20ClN5O2.C16H17ClN4O.C8H19BrOSi/c1-14-12-26-17(15(2)20(14)30-6)11-16-13-29(9-10-31-32(7,8)23(3,4)5)19-18(16)27-22(25)28-21(19)24;1-9-7-20-12(10(2)15(9)25-3)6-11-8-23(4-5-24)14-13(11)21-17(19)22-16(14)18;1-8-7-19-12(9(2)14(8)22-3)6-10-4-5-11-13(10)20-16(18)21-15(11)17;1-8(2,3)11(4,5)10-7-6-9/h12-13H,9-11H2,1-8H3,(H2,25,27,28);7-8,24H,4-6H2,1-3H3,(H2,19,21,22);4,7H,5-6H2,1-3H3,(H2,18,20,21);6-7H2,1-5H3. The van der Waals surface area contributed by atoms with Gasteiger partial charge in [-0.15, -0.1) is 0 Å². The molecular formula is C64H90BrCl3N14O6Si2. The number of hydrogen-bond donors (Lipinski definition) is 4. The van der Waals surface area contributed by atoms with Crippen molar-refractivity contribution < 1.29 is 28.2 Å². The summed E-state index contributed by atoms with van der Waals surface area (Å²) < 4.78 is 32.6. The zero-order valence-corrected chi connectivity index (χ0v) is 61.5. The smallest absolute Gasteiger partial charge is 0.222 e. The van der Waals surface area contributed by atoms with Gasteiger partial charge < -0.3 is 54.5 Å². The number of aryl methyl sites for hydroxylation is 3. The molecule has 488 valence electrons. The molecule has 0 aromatic carbocycles. The number of hydrogen-bond acceptors (Lipinski definition) is 18. The second-order valence-electron chi connectivity index (χ2n) is 25.3. The molecule has 7 N–H and O–H groups in total. The normalized spacial score (nSPS) is 12.4. The van der Waals surface area contributed by atoms with Crippen molar-refractivity contribution in [3.8, 4) is 17.2 Å². The number of pyridine rings is 3. The van der Waals surface area contributed by atoms with Gasteiger partial charge in [0.25, 0.3) is 0 Å².